The molecule has 5 rings (SSSR count). The van der Waals surface area contributed by atoms with Crippen LogP contribution in [0.15, 0.2) is 78.9 Å². The number of methoxy groups -OCH3 is 3. The lowest BCUT2D eigenvalue weighted by molar-refractivity contribution is -0.0500. The first kappa shape index (κ1) is 38.8. The number of alkyl halides is 3. The molecule has 4 aromatic rings. The molecule has 0 bridgehead atoms. The molecule has 9 nitrogen and oxygen atoms in total. The third kappa shape index (κ3) is 8.79. The third-order valence-corrected chi connectivity index (χ3v) is 10.3. The molecule has 52 heavy (non-hydrogen) atoms. The topological polar surface area (TPSA) is 98.8 Å². The summed E-state index contributed by atoms with van der Waals surface area (Å²) in [5.74, 6) is 1.74. The van der Waals surface area contributed by atoms with Crippen molar-refractivity contribution in [2.45, 2.75) is 70.1 Å². The van der Waals surface area contributed by atoms with Gasteiger partial charge in [0.15, 0.2) is 23.0 Å². The predicted octanol–water partition coefficient (Wildman–Crippen LogP) is 7.60. The van der Waals surface area contributed by atoms with E-state index in [0.29, 0.717) is 35.7 Å². The van der Waals surface area contributed by atoms with Gasteiger partial charge in [0.2, 0.25) is 0 Å². The molecule has 0 spiro atoms. The molecule has 1 saturated heterocycles. The molecule has 1 heterocycles. The summed E-state index contributed by atoms with van der Waals surface area (Å²) in [7, 11) is -1.91. The lowest BCUT2D eigenvalue weighted by atomic mass is 9.74. The Bertz CT molecular complexity index is 1960. The van der Waals surface area contributed by atoms with Gasteiger partial charge in [-0.2, -0.15) is 21.6 Å². The van der Waals surface area contributed by atoms with Crippen LogP contribution in [0.5, 0.6) is 34.5 Å². The molecule has 0 N–H and O–H groups in total. The number of hydrogen-bond acceptors (Lipinski definition) is 9. The first-order chi connectivity index (χ1) is 24.4. The van der Waals surface area contributed by atoms with Crippen molar-refractivity contribution in [1.29, 1.82) is 0 Å². The Labute approximate surface area is 303 Å². The Morgan fingerprint density at radius 2 is 1.13 bits per heavy atom. The number of benzene rings is 4. The van der Waals surface area contributed by atoms with Crippen molar-refractivity contribution in [1.82, 2.24) is 0 Å². The largest absolute Gasteiger partial charge is 0.534 e. The highest BCUT2D eigenvalue weighted by atomic mass is 32.2. The van der Waals surface area contributed by atoms with Crippen LogP contribution >= 0.6 is 0 Å². The Balaban J connectivity index is 1.24. The fraction of sp³-hybridized carbons (Fsp3) is 0.368. The summed E-state index contributed by atoms with van der Waals surface area (Å²) in [6, 6.07) is 23.4. The van der Waals surface area contributed by atoms with Crippen molar-refractivity contribution in [2.75, 3.05) is 21.3 Å². The van der Waals surface area contributed by atoms with E-state index in [2.05, 4.69) is 4.18 Å². The van der Waals surface area contributed by atoms with Gasteiger partial charge in [0.05, 0.1) is 32.5 Å². The monoisotopic (exact) mass is 742 g/mol. The molecule has 278 valence electrons. The second-order valence-corrected chi connectivity index (χ2v) is 14.9. The molecule has 0 aliphatic carbocycles. The van der Waals surface area contributed by atoms with Crippen LogP contribution in [0.1, 0.15) is 49.9 Å². The number of aryl methyl sites for hydroxylation is 4. The molecule has 0 atom stereocenters. The van der Waals surface area contributed by atoms with Gasteiger partial charge in [0.1, 0.15) is 11.5 Å². The summed E-state index contributed by atoms with van der Waals surface area (Å²) in [6.07, 6.45) is 2.49. The van der Waals surface area contributed by atoms with Crippen molar-refractivity contribution in [3.05, 3.63) is 101 Å². The number of rotatable bonds is 14. The summed E-state index contributed by atoms with van der Waals surface area (Å²) in [4.78, 5) is 0. The summed E-state index contributed by atoms with van der Waals surface area (Å²) in [6.45, 7) is 8.14. The van der Waals surface area contributed by atoms with Crippen molar-refractivity contribution in [3.8, 4) is 34.5 Å². The summed E-state index contributed by atoms with van der Waals surface area (Å²) < 4.78 is 101. The van der Waals surface area contributed by atoms with Gasteiger partial charge in [-0.15, -0.1) is 0 Å². The zero-order chi connectivity index (χ0) is 37.9. The molecular weight excluding hydrogens is 700 g/mol. The zero-order valence-electron chi connectivity index (χ0n) is 30.1. The van der Waals surface area contributed by atoms with E-state index >= 15 is 0 Å². The van der Waals surface area contributed by atoms with Gasteiger partial charge in [-0.05, 0) is 130 Å². The molecule has 1 aliphatic heterocycles. The lowest BCUT2D eigenvalue weighted by Crippen LogP contribution is -2.41. The van der Waals surface area contributed by atoms with Gasteiger partial charge in [0.25, 0.3) is 0 Å². The van der Waals surface area contributed by atoms with Crippen LogP contribution in [-0.4, -0.2) is 53.6 Å². The molecule has 0 unspecified atom stereocenters. The molecule has 4 aromatic carbocycles. The molecule has 14 heteroatoms. The van der Waals surface area contributed by atoms with E-state index < -0.39 is 39.7 Å². The summed E-state index contributed by atoms with van der Waals surface area (Å²) in [5, 5.41) is 0. The molecule has 0 amide bonds. The molecule has 1 fully saturated rings. The smallest absolute Gasteiger partial charge is 0.497 e. The fourth-order valence-electron chi connectivity index (χ4n) is 5.60. The van der Waals surface area contributed by atoms with Gasteiger partial charge in [-0.1, -0.05) is 30.3 Å². The molecule has 0 aromatic heterocycles. The van der Waals surface area contributed by atoms with Crippen molar-refractivity contribution < 1.29 is 54.0 Å². The standard InChI is InChI=1S/C38H42BF3O9S/c1-36(2)37(3,4)51-39(50-36)31-19-18-30(45-5)24-28(31)15-10-25-11-16-29(17-12-25)48-35-23-27(13-20-32(35)46-6)9-8-26-14-21-33(34(22-26)47-7)49-52(43,44)38(40,41)42/h11-14,16-24H,8-10,15H2,1-7H3. The van der Waals surface area contributed by atoms with Crippen LogP contribution in [0.25, 0.3) is 0 Å². The first-order valence-electron chi connectivity index (χ1n) is 16.6. The molecule has 0 saturated carbocycles. The number of hydrogen-bond donors (Lipinski definition) is 0. The number of halogens is 3. The van der Waals surface area contributed by atoms with Crippen molar-refractivity contribution >= 4 is 22.7 Å². The Morgan fingerprint density at radius 1 is 0.615 bits per heavy atom. The highest BCUT2D eigenvalue weighted by Gasteiger charge is 2.52. The minimum atomic E-state index is -5.84. The highest BCUT2D eigenvalue weighted by Crippen LogP contribution is 2.38. The third-order valence-electron chi connectivity index (χ3n) is 9.33. The highest BCUT2D eigenvalue weighted by molar-refractivity contribution is 7.88. The van der Waals surface area contributed by atoms with E-state index in [4.69, 9.17) is 28.3 Å². The molecule has 1 aliphatic rings. The maximum absolute atomic E-state index is 12.8. The SMILES string of the molecule is COc1ccc(B2OC(C)(C)C(C)(C)O2)c(CCc2ccc(Oc3cc(CCc4ccc(OS(=O)(=O)C(F)(F)F)c(OC)c4)ccc3OC)cc2)c1. The van der Waals surface area contributed by atoms with Gasteiger partial charge in [0, 0.05) is 0 Å². The van der Waals surface area contributed by atoms with Crippen LogP contribution in [0.4, 0.5) is 13.2 Å². The van der Waals surface area contributed by atoms with Gasteiger partial charge < -0.3 is 32.4 Å². The second kappa shape index (κ2) is 15.3. The van der Waals surface area contributed by atoms with Crippen LogP contribution < -0.4 is 28.6 Å². The molecule has 0 radical (unpaired) electrons. The zero-order valence-corrected chi connectivity index (χ0v) is 30.9. The van der Waals surface area contributed by atoms with E-state index in [0.717, 1.165) is 46.8 Å². The van der Waals surface area contributed by atoms with Gasteiger partial charge in [-0.25, -0.2) is 0 Å². The normalized spacial score (nSPS) is 15.3. The summed E-state index contributed by atoms with van der Waals surface area (Å²) in [5.41, 5.74) is -1.71. The fourth-order valence-corrected chi connectivity index (χ4v) is 6.07. The van der Waals surface area contributed by atoms with E-state index in [-0.39, 0.29) is 5.75 Å². The minimum absolute atomic E-state index is 0.138. The average Bonchev–Trinajstić information content (AvgIpc) is 3.32. The average molecular weight is 743 g/mol. The lowest BCUT2D eigenvalue weighted by Gasteiger charge is -2.32. The van der Waals surface area contributed by atoms with Crippen LogP contribution in [0, 0.1) is 0 Å². The number of ether oxygens (including phenoxy) is 4. The van der Waals surface area contributed by atoms with Crippen LogP contribution in [0.2, 0.25) is 0 Å². The minimum Gasteiger partial charge on any atom is -0.497 e. The van der Waals surface area contributed by atoms with Crippen LogP contribution in [0.3, 0.4) is 0 Å². The maximum Gasteiger partial charge on any atom is 0.534 e. The quantitative estimate of drug-likeness (QED) is 0.0735. The van der Waals surface area contributed by atoms with Crippen LogP contribution in [-0.2, 0) is 45.1 Å². The van der Waals surface area contributed by atoms with Crippen molar-refractivity contribution in [3.63, 3.8) is 0 Å². The van der Waals surface area contributed by atoms with E-state index in [1.54, 1.807) is 20.3 Å². The van der Waals surface area contributed by atoms with E-state index in [9.17, 15) is 21.6 Å². The van der Waals surface area contributed by atoms with Gasteiger partial charge >= 0.3 is 22.7 Å². The predicted molar refractivity (Wildman–Crippen MR) is 192 cm³/mol. The summed E-state index contributed by atoms with van der Waals surface area (Å²) >= 11 is 0. The van der Waals surface area contributed by atoms with E-state index in [1.807, 2.05) is 82.3 Å². The van der Waals surface area contributed by atoms with E-state index in [1.165, 1.54) is 19.2 Å². The maximum atomic E-state index is 12.8. The first-order valence-corrected chi connectivity index (χ1v) is 18.0. The Morgan fingerprint density at radius 3 is 1.69 bits per heavy atom. The second-order valence-electron chi connectivity index (χ2n) is 13.4. The molecular formula is C38H42BF3O9S. The Hall–Kier alpha value is -4.40. The van der Waals surface area contributed by atoms with Gasteiger partial charge in [-0.3, -0.25) is 0 Å². The Kier molecular flexibility index (Phi) is 11.4. The van der Waals surface area contributed by atoms with Crippen molar-refractivity contribution in [2.24, 2.45) is 0 Å².